The van der Waals surface area contributed by atoms with Crippen LogP contribution in [0, 0.1) is 0 Å². The number of piperidine rings is 1. The van der Waals surface area contributed by atoms with E-state index >= 15 is 0 Å². The van der Waals surface area contributed by atoms with Gasteiger partial charge in [0.15, 0.2) is 0 Å². The van der Waals surface area contributed by atoms with Gasteiger partial charge in [0, 0.05) is 33.0 Å². The Morgan fingerprint density at radius 1 is 1.23 bits per heavy atom. The van der Waals surface area contributed by atoms with Crippen LogP contribution in [0.5, 0.6) is 5.75 Å². The molecule has 1 aromatic heterocycles. The summed E-state index contributed by atoms with van der Waals surface area (Å²) in [4.78, 5) is 26.3. The molecule has 1 saturated heterocycles. The van der Waals surface area contributed by atoms with Gasteiger partial charge in [0.05, 0.1) is 5.69 Å². The Bertz CT molecular complexity index is 792. The maximum atomic E-state index is 12.8. The third-order valence-electron chi connectivity index (χ3n) is 4.82. The van der Waals surface area contributed by atoms with E-state index in [1.165, 1.54) is 0 Å². The summed E-state index contributed by atoms with van der Waals surface area (Å²) >= 11 is 0. The fraction of sp³-hybridized carbons (Fsp3) is 0.421. The number of hydrogen-bond acceptors (Lipinski definition) is 4. The largest absolute Gasteiger partial charge is 0.478 e. The SMILES string of the molecule is CCc1cc(C(=O)N2CCC(Oc3ccccc3)(C(=O)O)CC2)n(C)n1. The van der Waals surface area contributed by atoms with Gasteiger partial charge in [0.25, 0.3) is 5.91 Å². The number of carboxylic acid groups (broad SMARTS) is 1. The summed E-state index contributed by atoms with van der Waals surface area (Å²) in [5.41, 5.74) is 0.0768. The maximum absolute atomic E-state index is 12.8. The van der Waals surface area contributed by atoms with Crippen LogP contribution in [-0.4, -0.2) is 50.4 Å². The number of amides is 1. The number of aliphatic carboxylic acids is 1. The highest BCUT2D eigenvalue weighted by Gasteiger charge is 2.45. The van der Waals surface area contributed by atoms with Gasteiger partial charge < -0.3 is 14.7 Å². The lowest BCUT2D eigenvalue weighted by molar-refractivity contribution is -0.159. The van der Waals surface area contributed by atoms with E-state index in [0.29, 0.717) is 24.5 Å². The van der Waals surface area contributed by atoms with Crippen molar-refractivity contribution in [3.63, 3.8) is 0 Å². The van der Waals surface area contributed by atoms with Gasteiger partial charge in [-0.3, -0.25) is 9.48 Å². The Balaban J connectivity index is 1.72. The van der Waals surface area contributed by atoms with Gasteiger partial charge in [-0.05, 0) is 24.6 Å². The number of likely N-dealkylation sites (tertiary alicyclic amines) is 1. The van der Waals surface area contributed by atoms with Crippen molar-refractivity contribution in [2.24, 2.45) is 7.05 Å². The first-order valence-electron chi connectivity index (χ1n) is 8.75. The molecule has 0 saturated carbocycles. The molecule has 1 N–H and O–H groups in total. The van der Waals surface area contributed by atoms with Crippen molar-refractivity contribution in [1.82, 2.24) is 14.7 Å². The molecule has 1 amide bonds. The minimum atomic E-state index is -1.31. The van der Waals surface area contributed by atoms with E-state index in [0.717, 1.165) is 12.1 Å². The minimum absolute atomic E-state index is 0.126. The van der Waals surface area contributed by atoms with E-state index in [1.54, 1.807) is 47.0 Å². The van der Waals surface area contributed by atoms with Gasteiger partial charge in [-0.15, -0.1) is 0 Å². The van der Waals surface area contributed by atoms with Crippen molar-refractivity contribution >= 4 is 11.9 Å². The quantitative estimate of drug-likeness (QED) is 0.886. The number of rotatable bonds is 5. The van der Waals surface area contributed by atoms with Crippen LogP contribution in [0.1, 0.15) is 35.9 Å². The molecule has 2 aromatic rings. The molecule has 2 heterocycles. The molecule has 1 aliphatic heterocycles. The lowest BCUT2D eigenvalue weighted by Gasteiger charge is -2.38. The normalized spacial score (nSPS) is 16.3. The molecule has 1 fully saturated rings. The molecule has 1 aliphatic rings. The average molecular weight is 357 g/mol. The molecular formula is C19H23N3O4. The highest BCUT2D eigenvalue weighted by Crippen LogP contribution is 2.30. The van der Waals surface area contributed by atoms with E-state index < -0.39 is 11.6 Å². The summed E-state index contributed by atoms with van der Waals surface area (Å²) in [6.07, 6.45) is 1.23. The van der Waals surface area contributed by atoms with Gasteiger partial charge in [0.1, 0.15) is 11.4 Å². The Labute approximate surface area is 152 Å². The molecule has 1 aromatic carbocycles. The van der Waals surface area contributed by atoms with Crippen LogP contribution in [-0.2, 0) is 18.3 Å². The molecule has 138 valence electrons. The first-order chi connectivity index (χ1) is 12.4. The number of nitrogens with zero attached hydrogens (tertiary/aromatic N) is 3. The lowest BCUT2D eigenvalue weighted by Crippen LogP contribution is -2.54. The van der Waals surface area contributed by atoms with Crippen LogP contribution >= 0.6 is 0 Å². The smallest absolute Gasteiger partial charge is 0.348 e. The van der Waals surface area contributed by atoms with Crippen molar-refractivity contribution in [3.05, 3.63) is 47.8 Å². The van der Waals surface area contributed by atoms with Crippen molar-refractivity contribution in [1.29, 1.82) is 0 Å². The molecule has 0 spiro atoms. The molecule has 7 nitrogen and oxygen atoms in total. The fourth-order valence-electron chi connectivity index (χ4n) is 3.21. The molecule has 0 radical (unpaired) electrons. The number of benzene rings is 1. The summed E-state index contributed by atoms with van der Waals surface area (Å²) in [6.45, 7) is 2.63. The Kier molecular flexibility index (Phi) is 4.97. The molecular weight excluding hydrogens is 334 g/mol. The van der Waals surface area contributed by atoms with Crippen LogP contribution in [0.15, 0.2) is 36.4 Å². The molecule has 3 rings (SSSR count). The van der Waals surface area contributed by atoms with Crippen LogP contribution in [0.2, 0.25) is 0 Å². The Morgan fingerprint density at radius 3 is 2.42 bits per heavy atom. The monoisotopic (exact) mass is 357 g/mol. The number of ether oxygens (including phenoxy) is 1. The zero-order valence-electron chi connectivity index (χ0n) is 15.0. The van der Waals surface area contributed by atoms with Crippen molar-refractivity contribution < 1.29 is 19.4 Å². The lowest BCUT2D eigenvalue weighted by atomic mass is 9.90. The van der Waals surface area contributed by atoms with E-state index in [9.17, 15) is 14.7 Å². The number of carbonyl (C=O) groups excluding carboxylic acids is 1. The summed E-state index contributed by atoms with van der Waals surface area (Å²) in [5, 5.41) is 14.0. The summed E-state index contributed by atoms with van der Waals surface area (Å²) in [6, 6.07) is 10.7. The van der Waals surface area contributed by atoms with E-state index in [2.05, 4.69) is 5.10 Å². The van der Waals surface area contributed by atoms with Crippen LogP contribution < -0.4 is 4.74 Å². The van der Waals surface area contributed by atoms with Gasteiger partial charge in [-0.2, -0.15) is 5.10 Å². The third kappa shape index (κ3) is 3.42. The van der Waals surface area contributed by atoms with Crippen molar-refractivity contribution in [3.8, 4) is 5.75 Å². The van der Waals surface area contributed by atoms with E-state index in [-0.39, 0.29) is 18.7 Å². The third-order valence-corrected chi connectivity index (χ3v) is 4.82. The van der Waals surface area contributed by atoms with Gasteiger partial charge in [-0.25, -0.2) is 4.79 Å². The zero-order chi connectivity index (χ0) is 18.7. The summed E-state index contributed by atoms with van der Waals surface area (Å²) in [7, 11) is 1.75. The molecule has 7 heteroatoms. The molecule has 0 unspecified atom stereocenters. The Hall–Kier alpha value is -2.83. The number of aromatic nitrogens is 2. The number of carbonyl (C=O) groups is 2. The average Bonchev–Trinajstić information content (AvgIpc) is 3.03. The van der Waals surface area contributed by atoms with Crippen LogP contribution in [0.25, 0.3) is 0 Å². The molecule has 0 atom stereocenters. The highest BCUT2D eigenvalue weighted by molar-refractivity contribution is 5.93. The number of para-hydroxylation sites is 1. The second kappa shape index (κ2) is 7.19. The van der Waals surface area contributed by atoms with Crippen molar-refractivity contribution in [2.45, 2.75) is 31.8 Å². The molecule has 0 aliphatic carbocycles. The van der Waals surface area contributed by atoms with Gasteiger partial charge >= 0.3 is 5.97 Å². The molecule has 26 heavy (non-hydrogen) atoms. The number of aryl methyl sites for hydroxylation is 2. The van der Waals surface area contributed by atoms with Crippen molar-refractivity contribution in [2.75, 3.05) is 13.1 Å². The minimum Gasteiger partial charge on any atom is -0.478 e. The molecule has 0 bridgehead atoms. The predicted molar refractivity (Wildman–Crippen MR) is 95.2 cm³/mol. The van der Waals surface area contributed by atoms with Crippen LogP contribution in [0.3, 0.4) is 0 Å². The standard InChI is InChI=1S/C19H23N3O4/c1-3-14-13-16(21(2)20-14)17(23)22-11-9-19(10-12-22,18(24)25)26-15-7-5-4-6-8-15/h4-8,13H,3,9-12H2,1-2H3,(H,24,25). The highest BCUT2D eigenvalue weighted by atomic mass is 16.5. The topological polar surface area (TPSA) is 84.7 Å². The zero-order valence-corrected chi connectivity index (χ0v) is 15.0. The summed E-state index contributed by atoms with van der Waals surface area (Å²) in [5.74, 6) is -0.602. The first kappa shape index (κ1) is 18.0. The van der Waals surface area contributed by atoms with E-state index in [1.807, 2.05) is 13.0 Å². The second-order valence-corrected chi connectivity index (χ2v) is 6.50. The van der Waals surface area contributed by atoms with Crippen LogP contribution in [0.4, 0.5) is 0 Å². The second-order valence-electron chi connectivity index (χ2n) is 6.50. The predicted octanol–water partition coefficient (Wildman–Crippen LogP) is 2.12. The fourth-order valence-corrected chi connectivity index (χ4v) is 3.21. The maximum Gasteiger partial charge on any atom is 0.348 e. The number of hydrogen-bond donors (Lipinski definition) is 1. The van der Waals surface area contributed by atoms with Gasteiger partial charge in [0.2, 0.25) is 5.60 Å². The summed E-state index contributed by atoms with van der Waals surface area (Å²) < 4.78 is 7.41. The first-order valence-corrected chi connectivity index (χ1v) is 8.75. The van der Waals surface area contributed by atoms with Gasteiger partial charge in [-0.1, -0.05) is 25.1 Å². The van der Waals surface area contributed by atoms with E-state index in [4.69, 9.17) is 4.74 Å². The Morgan fingerprint density at radius 2 is 1.88 bits per heavy atom. The number of carboxylic acids is 1.